The van der Waals surface area contributed by atoms with Crippen LogP contribution in [-0.2, 0) is 6.42 Å². The van der Waals surface area contributed by atoms with Gasteiger partial charge in [-0.05, 0) is 49.3 Å². The minimum absolute atomic E-state index is 0.218. The van der Waals surface area contributed by atoms with Crippen LogP contribution in [0.1, 0.15) is 17.5 Å². The number of halogens is 2. The summed E-state index contributed by atoms with van der Waals surface area (Å²) >= 11 is 3.39. The van der Waals surface area contributed by atoms with Crippen molar-refractivity contribution in [2.45, 2.75) is 12.8 Å². The predicted molar refractivity (Wildman–Crippen MR) is 87.4 cm³/mol. The molecule has 4 heteroatoms. The van der Waals surface area contributed by atoms with Crippen LogP contribution in [0.4, 0.5) is 4.39 Å². The van der Waals surface area contributed by atoms with Crippen LogP contribution in [0.15, 0.2) is 46.9 Å². The summed E-state index contributed by atoms with van der Waals surface area (Å²) in [7, 11) is 1.90. The summed E-state index contributed by atoms with van der Waals surface area (Å²) in [5.41, 5.74) is 1.76. The molecule has 0 saturated carbocycles. The lowest BCUT2D eigenvalue weighted by Gasteiger charge is -2.09. The number of hydrogen-bond acceptors (Lipinski definition) is 2. The summed E-state index contributed by atoms with van der Waals surface area (Å²) in [5, 5.41) is 3.05. The van der Waals surface area contributed by atoms with E-state index in [1.165, 1.54) is 6.07 Å². The monoisotopic (exact) mass is 351 g/mol. The Morgan fingerprint density at radius 3 is 2.57 bits per heavy atom. The third-order valence-electron chi connectivity index (χ3n) is 3.17. The molecular formula is C17H19BrFNO. The summed E-state index contributed by atoms with van der Waals surface area (Å²) in [6.07, 6.45) is 1.48. The van der Waals surface area contributed by atoms with Gasteiger partial charge in [0.15, 0.2) is 0 Å². The van der Waals surface area contributed by atoms with Crippen molar-refractivity contribution >= 4 is 15.9 Å². The lowest BCUT2D eigenvalue weighted by molar-refractivity contribution is 0.308. The molecule has 0 aliphatic heterocycles. The topological polar surface area (TPSA) is 21.3 Å². The third kappa shape index (κ3) is 5.14. The Balaban J connectivity index is 1.97. The van der Waals surface area contributed by atoms with Crippen molar-refractivity contribution in [2.24, 2.45) is 0 Å². The lowest BCUT2D eigenvalue weighted by Crippen LogP contribution is -2.11. The normalized spacial score (nSPS) is 10.6. The molecule has 0 heterocycles. The van der Waals surface area contributed by atoms with Gasteiger partial charge in [-0.2, -0.15) is 0 Å². The first kappa shape index (κ1) is 16.0. The van der Waals surface area contributed by atoms with Crippen molar-refractivity contribution in [3.8, 4) is 5.75 Å². The number of ether oxygens (including phenoxy) is 1. The van der Waals surface area contributed by atoms with Gasteiger partial charge in [-0.15, -0.1) is 0 Å². The number of rotatable bonds is 7. The van der Waals surface area contributed by atoms with E-state index in [1.54, 1.807) is 6.07 Å². The lowest BCUT2D eigenvalue weighted by atomic mass is 10.0. The molecule has 2 nitrogen and oxygen atoms in total. The van der Waals surface area contributed by atoms with Crippen LogP contribution >= 0.6 is 15.9 Å². The van der Waals surface area contributed by atoms with Gasteiger partial charge < -0.3 is 10.1 Å². The maximum Gasteiger partial charge on any atom is 0.130 e. The van der Waals surface area contributed by atoms with Crippen molar-refractivity contribution in [3.63, 3.8) is 0 Å². The van der Waals surface area contributed by atoms with Crippen molar-refractivity contribution in [2.75, 3.05) is 20.2 Å². The van der Waals surface area contributed by atoms with Gasteiger partial charge in [-0.3, -0.25) is 0 Å². The number of hydrogen-bond donors (Lipinski definition) is 1. The summed E-state index contributed by atoms with van der Waals surface area (Å²) in [6.45, 7) is 1.48. The van der Waals surface area contributed by atoms with Gasteiger partial charge in [0, 0.05) is 17.0 Å². The molecule has 0 radical (unpaired) electrons. The standard InChI is InChI=1S/C17H19BrFNO/c1-20-9-2-10-21-16-8-5-14(17(19)12-16)11-13-3-6-15(18)7-4-13/h3-8,12,20H,2,9-11H2,1H3. The fourth-order valence-corrected chi connectivity index (χ4v) is 2.29. The molecule has 0 bridgehead atoms. The minimum atomic E-state index is -0.218. The molecule has 0 saturated heterocycles. The van der Waals surface area contributed by atoms with E-state index in [1.807, 2.05) is 37.4 Å². The molecule has 21 heavy (non-hydrogen) atoms. The molecule has 0 unspecified atom stereocenters. The molecule has 2 aromatic rings. The van der Waals surface area contributed by atoms with E-state index in [0.29, 0.717) is 24.3 Å². The van der Waals surface area contributed by atoms with E-state index in [9.17, 15) is 4.39 Å². The summed E-state index contributed by atoms with van der Waals surface area (Å²) in [5.74, 6) is 0.368. The van der Waals surface area contributed by atoms with Crippen molar-refractivity contribution < 1.29 is 9.13 Å². The van der Waals surface area contributed by atoms with Crippen LogP contribution < -0.4 is 10.1 Å². The van der Waals surface area contributed by atoms with E-state index in [0.717, 1.165) is 23.0 Å². The first-order valence-electron chi connectivity index (χ1n) is 6.99. The van der Waals surface area contributed by atoms with E-state index in [-0.39, 0.29) is 5.82 Å². The third-order valence-corrected chi connectivity index (χ3v) is 3.70. The Kier molecular flexibility index (Phi) is 6.21. The molecule has 0 aliphatic carbocycles. The highest BCUT2D eigenvalue weighted by molar-refractivity contribution is 9.10. The van der Waals surface area contributed by atoms with Crippen molar-refractivity contribution in [3.05, 3.63) is 63.9 Å². The van der Waals surface area contributed by atoms with Crippen LogP contribution in [0.3, 0.4) is 0 Å². The molecule has 0 atom stereocenters. The second kappa shape index (κ2) is 8.15. The Bertz CT molecular complexity index is 572. The van der Waals surface area contributed by atoms with E-state index in [2.05, 4.69) is 21.2 Å². The molecule has 0 fully saturated rings. The van der Waals surface area contributed by atoms with Gasteiger partial charge in [-0.25, -0.2) is 4.39 Å². The fraction of sp³-hybridized carbons (Fsp3) is 0.294. The maximum absolute atomic E-state index is 14.1. The fourth-order valence-electron chi connectivity index (χ4n) is 2.02. The van der Waals surface area contributed by atoms with Gasteiger partial charge in [0.05, 0.1) is 6.61 Å². The molecular weight excluding hydrogens is 333 g/mol. The molecule has 0 aliphatic rings. The smallest absolute Gasteiger partial charge is 0.130 e. The first-order chi connectivity index (χ1) is 10.2. The van der Waals surface area contributed by atoms with Crippen molar-refractivity contribution in [1.29, 1.82) is 0 Å². The average Bonchev–Trinajstić information content (AvgIpc) is 2.48. The number of nitrogens with one attached hydrogen (secondary N) is 1. The van der Waals surface area contributed by atoms with Gasteiger partial charge >= 0.3 is 0 Å². The summed E-state index contributed by atoms with van der Waals surface area (Å²) < 4.78 is 20.6. The highest BCUT2D eigenvalue weighted by atomic mass is 79.9. The maximum atomic E-state index is 14.1. The van der Waals surface area contributed by atoms with Gasteiger partial charge in [0.1, 0.15) is 11.6 Å². The van der Waals surface area contributed by atoms with Crippen LogP contribution in [0.5, 0.6) is 5.75 Å². The molecule has 2 rings (SSSR count). The largest absolute Gasteiger partial charge is 0.493 e. The minimum Gasteiger partial charge on any atom is -0.493 e. The second-order valence-corrected chi connectivity index (χ2v) is 5.78. The van der Waals surface area contributed by atoms with Crippen LogP contribution in [0.2, 0.25) is 0 Å². The molecule has 2 aromatic carbocycles. The summed E-state index contributed by atoms with van der Waals surface area (Å²) in [6, 6.07) is 13.0. The SMILES string of the molecule is CNCCCOc1ccc(Cc2ccc(Br)cc2)c(F)c1. The highest BCUT2D eigenvalue weighted by Crippen LogP contribution is 2.20. The van der Waals surface area contributed by atoms with E-state index in [4.69, 9.17) is 4.74 Å². The van der Waals surface area contributed by atoms with E-state index < -0.39 is 0 Å². The Labute approximate surface area is 133 Å². The molecule has 1 N–H and O–H groups in total. The predicted octanol–water partition coefficient (Wildman–Crippen LogP) is 4.17. The van der Waals surface area contributed by atoms with Crippen molar-refractivity contribution in [1.82, 2.24) is 5.32 Å². The molecule has 0 spiro atoms. The zero-order valence-electron chi connectivity index (χ0n) is 12.0. The number of benzene rings is 2. The van der Waals surface area contributed by atoms with Gasteiger partial charge in [0.25, 0.3) is 0 Å². The summed E-state index contributed by atoms with van der Waals surface area (Å²) in [4.78, 5) is 0. The Morgan fingerprint density at radius 1 is 1.14 bits per heavy atom. The van der Waals surface area contributed by atoms with Crippen LogP contribution in [-0.4, -0.2) is 20.2 Å². The molecule has 0 aromatic heterocycles. The zero-order valence-corrected chi connectivity index (χ0v) is 13.6. The quantitative estimate of drug-likeness (QED) is 0.756. The molecule has 112 valence electrons. The molecule has 0 amide bonds. The average molecular weight is 352 g/mol. The van der Waals surface area contributed by atoms with Crippen LogP contribution in [0.25, 0.3) is 0 Å². The zero-order chi connectivity index (χ0) is 15.1. The van der Waals surface area contributed by atoms with Gasteiger partial charge in [0.2, 0.25) is 0 Å². The Hall–Kier alpha value is -1.39. The Morgan fingerprint density at radius 2 is 1.90 bits per heavy atom. The first-order valence-corrected chi connectivity index (χ1v) is 7.78. The van der Waals surface area contributed by atoms with E-state index >= 15 is 0 Å². The van der Waals surface area contributed by atoms with Crippen LogP contribution in [0, 0.1) is 5.82 Å². The highest BCUT2D eigenvalue weighted by Gasteiger charge is 2.05. The second-order valence-electron chi connectivity index (χ2n) is 4.86. The van der Waals surface area contributed by atoms with Gasteiger partial charge in [-0.1, -0.05) is 34.1 Å².